The maximum Gasteiger partial charge on any atom is 0.307 e. The molecule has 1 aromatic heterocycles. The Hall–Kier alpha value is -2.76. The average molecular weight is 274 g/mol. The number of furan rings is 1. The molecule has 0 saturated carbocycles. The fraction of sp³-hybridized carbons (Fsp3) is 0.143. The van der Waals surface area contributed by atoms with Crippen LogP contribution in [0.3, 0.4) is 0 Å². The van der Waals surface area contributed by atoms with E-state index < -0.39 is 5.91 Å². The molecule has 6 nitrogen and oxygen atoms in total. The minimum absolute atomic E-state index is 0.0451. The van der Waals surface area contributed by atoms with Crippen molar-refractivity contribution in [2.24, 2.45) is 5.10 Å². The molecule has 0 aliphatic carbocycles. The summed E-state index contributed by atoms with van der Waals surface area (Å²) in [6.45, 7) is 1.73. The van der Waals surface area contributed by atoms with Crippen molar-refractivity contribution < 1.29 is 19.1 Å². The lowest BCUT2D eigenvalue weighted by molar-refractivity contribution is 0.0927. The maximum atomic E-state index is 11.6. The van der Waals surface area contributed by atoms with Crippen LogP contribution in [0.4, 0.5) is 0 Å². The number of nitrogens with one attached hydrogen (secondary N) is 1. The van der Waals surface area contributed by atoms with Crippen molar-refractivity contribution in [2.45, 2.75) is 6.92 Å². The first kappa shape index (κ1) is 13.7. The lowest BCUT2D eigenvalue weighted by Crippen LogP contribution is -2.18. The SMILES string of the molecule is COc1cc(/C(C)=N/NC(=O)c2ccco2)ccc1O. The summed E-state index contributed by atoms with van der Waals surface area (Å²) in [5.41, 5.74) is 3.68. The van der Waals surface area contributed by atoms with Gasteiger partial charge >= 0.3 is 5.91 Å². The number of hydrazone groups is 1. The third-order valence-corrected chi connectivity index (χ3v) is 2.67. The standard InChI is InChI=1S/C14H14N2O4/c1-9(10-5-6-11(17)13(8-10)19-2)15-16-14(18)12-4-3-7-20-12/h3-8,17H,1-2H3,(H,16,18)/b15-9+. The molecule has 20 heavy (non-hydrogen) atoms. The molecule has 0 aliphatic heterocycles. The normalized spacial score (nSPS) is 11.2. The van der Waals surface area contributed by atoms with Crippen LogP contribution >= 0.6 is 0 Å². The molecule has 6 heteroatoms. The number of carbonyl (C=O) groups is 1. The Bertz CT molecular complexity index is 633. The number of carbonyl (C=O) groups excluding carboxylic acids is 1. The van der Waals surface area contributed by atoms with E-state index in [-0.39, 0.29) is 11.5 Å². The Labute approximate surface area is 115 Å². The number of hydrogen-bond acceptors (Lipinski definition) is 5. The predicted molar refractivity (Wildman–Crippen MR) is 73.0 cm³/mol. The molecule has 0 unspecified atom stereocenters. The summed E-state index contributed by atoms with van der Waals surface area (Å²) in [4.78, 5) is 11.6. The smallest absolute Gasteiger partial charge is 0.307 e. The molecule has 1 aromatic carbocycles. The van der Waals surface area contributed by atoms with Crippen molar-refractivity contribution in [3.05, 3.63) is 47.9 Å². The predicted octanol–water partition coefficient (Wildman–Crippen LogP) is 2.15. The van der Waals surface area contributed by atoms with Crippen LogP contribution in [-0.4, -0.2) is 23.8 Å². The zero-order valence-electron chi connectivity index (χ0n) is 11.1. The number of methoxy groups -OCH3 is 1. The van der Waals surface area contributed by atoms with Crippen LogP contribution in [0.1, 0.15) is 23.0 Å². The first-order chi connectivity index (χ1) is 9.61. The Morgan fingerprint density at radius 1 is 1.40 bits per heavy atom. The van der Waals surface area contributed by atoms with Crippen molar-refractivity contribution in [3.63, 3.8) is 0 Å². The highest BCUT2D eigenvalue weighted by Crippen LogP contribution is 2.26. The second kappa shape index (κ2) is 5.92. The van der Waals surface area contributed by atoms with Crippen LogP contribution < -0.4 is 10.2 Å². The zero-order chi connectivity index (χ0) is 14.5. The van der Waals surface area contributed by atoms with Crippen LogP contribution in [0, 0.1) is 0 Å². The van der Waals surface area contributed by atoms with Gasteiger partial charge in [-0.05, 0) is 37.3 Å². The van der Waals surface area contributed by atoms with Gasteiger partial charge < -0.3 is 14.3 Å². The molecule has 2 rings (SSSR count). The molecule has 0 fully saturated rings. The minimum atomic E-state index is -0.430. The van der Waals surface area contributed by atoms with Gasteiger partial charge in [-0.15, -0.1) is 0 Å². The molecule has 0 saturated heterocycles. The third kappa shape index (κ3) is 2.97. The number of aromatic hydroxyl groups is 1. The molecule has 0 radical (unpaired) electrons. The quantitative estimate of drug-likeness (QED) is 0.661. The molecule has 1 heterocycles. The molecule has 104 valence electrons. The fourth-order valence-corrected chi connectivity index (χ4v) is 1.56. The number of hydrogen-bond donors (Lipinski definition) is 2. The van der Waals surface area contributed by atoms with Crippen molar-refractivity contribution >= 4 is 11.6 Å². The van der Waals surface area contributed by atoms with E-state index in [1.807, 2.05) is 0 Å². The number of rotatable bonds is 4. The Kier molecular flexibility index (Phi) is 4.05. The first-order valence-corrected chi connectivity index (χ1v) is 5.87. The fourth-order valence-electron chi connectivity index (χ4n) is 1.56. The topological polar surface area (TPSA) is 84.1 Å². The summed E-state index contributed by atoms with van der Waals surface area (Å²) in [7, 11) is 1.46. The molecule has 0 bridgehead atoms. The van der Waals surface area contributed by atoms with E-state index in [2.05, 4.69) is 10.5 Å². The van der Waals surface area contributed by atoms with E-state index in [4.69, 9.17) is 9.15 Å². The Balaban J connectivity index is 2.12. The lowest BCUT2D eigenvalue weighted by atomic mass is 10.1. The van der Waals surface area contributed by atoms with Gasteiger partial charge in [0.2, 0.25) is 0 Å². The largest absolute Gasteiger partial charge is 0.504 e. The molecule has 0 spiro atoms. The molecular formula is C14H14N2O4. The first-order valence-electron chi connectivity index (χ1n) is 5.87. The summed E-state index contributed by atoms with van der Waals surface area (Å²) < 4.78 is 9.96. The Morgan fingerprint density at radius 3 is 2.85 bits per heavy atom. The van der Waals surface area contributed by atoms with Crippen LogP contribution in [0.2, 0.25) is 0 Å². The van der Waals surface area contributed by atoms with E-state index >= 15 is 0 Å². The second-order valence-corrected chi connectivity index (χ2v) is 4.00. The molecule has 0 atom stereocenters. The van der Waals surface area contributed by atoms with E-state index in [0.717, 1.165) is 5.56 Å². The number of ether oxygens (including phenoxy) is 1. The van der Waals surface area contributed by atoms with Gasteiger partial charge in [0, 0.05) is 5.56 Å². The lowest BCUT2D eigenvalue weighted by Gasteiger charge is -2.06. The number of amides is 1. The summed E-state index contributed by atoms with van der Waals surface area (Å²) in [5, 5.41) is 13.5. The molecule has 2 aromatic rings. The average Bonchev–Trinajstić information content (AvgIpc) is 2.99. The molecule has 2 N–H and O–H groups in total. The minimum Gasteiger partial charge on any atom is -0.504 e. The van der Waals surface area contributed by atoms with Crippen molar-refractivity contribution in [2.75, 3.05) is 7.11 Å². The van der Waals surface area contributed by atoms with E-state index in [1.165, 1.54) is 19.4 Å². The molecular weight excluding hydrogens is 260 g/mol. The van der Waals surface area contributed by atoms with Gasteiger partial charge in [0.25, 0.3) is 0 Å². The van der Waals surface area contributed by atoms with E-state index in [1.54, 1.807) is 31.2 Å². The van der Waals surface area contributed by atoms with Crippen LogP contribution in [0.25, 0.3) is 0 Å². The van der Waals surface area contributed by atoms with Gasteiger partial charge in [-0.25, -0.2) is 5.43 Å². The number of phenolic OH excluding ortho intramolecular Hbond substituents is 1. The summed E-state index contributed by atoms with van der Waals surface area (Å²) in [6.07, 6.45) is 1.41. The Morgan fingerprint density at radius 2 is 2.20 bits per heavy atom. The van der Waals surface area contributed by atoms with Crippen molar-refractivity contribution in [1.29, 1.82) is 0 Å². The molecule has 1 amide bonds. The van der Waals surface area contributed by atoms with Gasteiger partial charge in [-0.1, -0.05) is 0 Å². The highest BCUT2D eigenvalue weighted by atomic mass is 16.5. The highest BCUT2D eigenvalue weighted by Gasteiger charge is 2.08. The second-order valence-electron chi connectivity index (χ2n) is 4.00. The van der Waals surface area contributed by atoms with Gasteiger partial charge in [0.1, 0.15) is 0 Å². The molecule has 0 aliphatic rings. The van der Waals surface area contributed by atoms with Gasteiger partial charge in [0.15, 0.2) is 17.3 Å². The summed E-state index contributed by atoms with van der Waals surface area (Å²) >= 11 is 0. The summed E-state index contributed by atoms with van der Waals surface area (Å²) in [5.74, 6) is 0.142. The summed E-state index contributed by atoms with van der Waals surface area (Å²) in [6, 6.07) is 7.98. The number of nitrogens with zero attached hydrogens (tertiary/aromatic N) is 1. The third-order valence-electron chi connectivity index (χ3n) is 2.67. The maximum absolute atomic E-state index is 11.6. The monoisotopic (exact) mass is 274 g/mol. The van der Waals surface area contributed by atoms with E-state index in [0.29, 0.717) is 11.5 Å². The number of phenols is 1. The van der Waals surface area contributed by atoms with Crippen LogP contribution in [0.15, 0.2) is 46.1 Å². The van der Waals surface area contributed by atoms with Crippen molar-refractivity contribution in [3.8, 4) is 11.5 Å². The van der Waals surface area contributed by atoms with E-state index in [9.17, 15) is 9.90 Å². The highest BCUT2D eigenvalue weighted by molar-refractivity contribution is 6.00. The van der Waals surface area contributed by atoms with Gasteiger partial charge in [-0.3, -0.25) is 4.79 Å². The van der Waals surface area contributed by atoms with Crippen LogP contribution in [-0.2, 0) is 0 Å². The van der Waals surface area contributed by atoms with Gasteiger partial charge in [-0.2, -0.15) is 5.10 Å². The van der Waals surface area contributed by atoms with Crippen molar-refractivity contribution in [1.82, 2.24) is 5.43 Å². The zero-order valence-corrected chi connectivity index (χ0v) is 11.1. The van der Waals surface area contributed by atoms with Crippen LogP contribution in [0.5, 0.6) is 11.5 Å². The number of benzene rings is 1. The van der Waals surface area contributed by atoms with Gasteiger partial charge in [0.05, 0.1) is 19.1 Å².